The van der Waals surface area contributed by atoms with Crippen molar-refractivity contribution in [3.8, 4) is 0 Å². The standard InChI is InChI=1S/C10H18O2/c1-5-7-8-10(3,4)9(11)12-6-2/h7-8H,5-6H2,1-4H3/b8-7+. The van der Waals surface area contributed by atoms with Crippen LogP contribution in [0.25, 0.3) is 0 Å². The molecule has 0 N–H and O–H groups in total. The van der Waals surface area contributed by atoms with Crippen LogP contribution < -0.4 is 0 Å². The molecule has 0 rings (SSSR count). The zero-order valence-electron chi connectivity index (χ0n) is 8.39. The number of carbonyl (C=O) groups is 1. The second-order valence-corrected chi connectivity index (χ2v) is 3.25. The van der Waals surface area contributed by atoms with Gasteiger partial charge in [0.15, 0.2) is 0 Å². The summed E-state index contributed by atoms with van der Waals surface area (Å²) < 4.78 is 4.91. The van der Waals surface area contributed by atoms with Crippen LogP contribution in [0.3, 0.4) is 0 Å². The molecule has 0 atom stereocenters. The van der Waals surface area contributed by atoms with Crippen molar-refractivity contribution in [1.82, 2.24) is 0 Å². The van der Waals surface area contributed by atoms with E-state index in [9.17, 15) is 4.79 Å². The normalized spacial score (nSPS) is 12.0. The SMILES string of the molecule is CC/C=C/C(C)(C)C(=O)OCC. The van der Waals surface area contributed by atoms with E-state index in [1.54, 1.807) is 0 Å². The molecule has 0 aromatic carbocycles. The second-order valence-electron chi connectivity index (χ2n) is 3.25. The maximum Gasteiger partial charge on any atom is 0.315 e. The third-order valence-electron chi connectivity index (χ3n) is 1.57. The molecule has 0 aliphatic rings. The minimum absolute atomic E-state index is 0.158. The summed E-state index contributed by atoms with van der Waals surface area (Å²) in [4.78, 5) is 11.3. The fourth-order valence-electron chi connectivity index (χ4n) is 0.798. The molecule has 0 amide bonds. The zero-order valence-corrected chi connectivity index (χ0v) is 8.39. The van der Waals surface area contributed by atoms with Gasteiger partial charge in [-0.2, -0.15) is 0 Å². The first-order chi connectivity index (χ1) is 5.54. The average molecular weight is 170 g/mol. The molecule has 0 spiro atoms. The van der Waals surface area contributed by atoms with Crippen LogP contribution in [0.4, 0.5) is 0 Å². The van der Waals surface area contributed by atoms with Gasteiger partial charge in [-0.05, 0) is 27.2 Å². The quantitative estimate of drug-likeness (QED) is 0.478. The van der Waals surface area contributed by atoms with Gasteiger partial charge in [-0.25, -0.2) is 0 Å². The fraction of sp³-hybridized carbons (Fsp3) is 0.700. The van der Waals surface area contributed by atoms with Crippen LogP contribution in [0, 0.1) is 5.41 Å². The third kappa shape index (κ3) is 3.56. The summed E-state index contributed by atoms with van der Waals surface area (Å²) >= 11 is 0. The molecule has 0 fully saturated rings. The molecule has 0 bridgehead atoms. The lowest BCUT2D eigenvalue weighted by molar-refractivity contribution is -0.150. The van der Waals surface area contributed by atoms with Crippen molar-refractivity contribution in [2.45, 2.75) is 34.1 Å². The van der Waals surface area contributed by atoms with Gasteiger partial charge in [-0.3, -0.25) is 4.79 Å². The lowest BCUT2D eigenvalue weighted by Crippen LogP contribution is -2.24. The Morgan fingerprint density at radius 2 is 2.00 bits per heavy atom. The fourth-order valence-corrected chi connectivity index (χ4v) is 0.798. The van der Waals surface area contributed by atoms with Gasteiger partial charge in [-0.1, -0.05) is 19.1 Å². The van der Waals surface area contributed by atoms with Crippen LogP contribution >= 0.6 is 0 Å². The Labute approximate surface area is 74.6 Å². The summed E-state index contributed by atoms with van der Waals surface area (Å²) in [6.45, 7) is 8.02. The molecule has 0 saturated heterocycles. The van der Waals surface area contributed by atoms with Crippen molar-refractivity contribution in [2.75, 3.05) is 6.61 Å². The summed E-state index contributed by atoms with van der Waals surface area (Å²) in [5.41, 5.74) is -0.480. The van der Waals surface area contributed by atoms with Crippen LogP contribution in [0.2, 0.25) is 0 Å². The van der Waals surface area contributed by atoms with Gasteiger partial charge < -0.3 is 4.74 Å². The highest BCUT2D eigenvalue weighted by Crippen LogP contribution is 2.19. The highest BCUT2D eigenvalue weighted by atomic mass is 16.5. The van der Waals surface area contributed by atoms with Crippen molar-refractivity contribution < 1.29 is 9.53 Å². The Bertz CT molecular complexity index is 169. The summed E-state index contributed by atoms with van der Waals surface area (Å²) in [7, 11) is 0. The summed E-state index contributed by atoms with van der Waals surface area (Å²) in [6.07, 6.45) is 4.82. The van der Waals surface area contributed by atoms with E-state index in [-0.39, 0.29) is 5.97 Å². The number of rotatable bonds is 4. The van der Waals surface area contributed by atoms with Gasteiger partial charge in [0, 0.05) is 0 Å². The molecule has 0 radical (unpaired) electrons. The predicted molar refractivity (Wildman–Crippen MR) is 49.8 cm³/mol. The second kappa shape index (κ2) is 4.96. The summed E-state index contributed by atoms with van der Waals surface area (Å²) in [6, 6.07) is 0. The average Bonchev–Trinajstić information content (AvgIpc) is 2.01. The first-order valence-electron chi connectivity index (χ1n) is 4.39. The van der Waals surface area contributed by atoms with E-state index in [0.717, 1.165) is 6.42 Å². The van der Waals surface area contributed by atoms with Crippen LogP contribution in [-0.4, -0.2) is 12.6 Å². The van der Waals surface area contributed by atoms with Gasteiger partial charge in [0.1, 0.15) is 0 Å². The van der Waals surface area contributed by atoms with Gasteiger partial charge >= 0.3 is 5.97 Å². The Kier molecular flexibility index (Phi) is 4.64. The number of esters is 1. The lowest BCUT2D eigenvalue weighted by atomic mass is 9.93. The highest BCUT2D eigenvalue weighted by molar-refractivity contribution is 5.78. The summed E-state index contributed by atoms with van der Waals surface area (Å²) in [5.74, 6) is -0.158. The number of ether oxygens (including phenoxy) is 1. The molecule has 0 unspecified atom stereocenters. The van der Waals surface area contributed by atoms with Crippen molar-refractivity contribution in [3.63, 3.8) is 0 Å². The van der Waals surface area contributed by atoms with E-state index in [1.165, 1.54) is 0 Å². The molecule has 70 valence electrons. The number of hydrogen-bond donors (Lipinski definition) is 0. The molecule has 0 saturated carbocycles. The molecule has 2 heteroatoms. The summed E-state index contributed by atoms with van der Waals surface area (Å²) in [5, 5.41) is 0. The molecule has 12 heavy (non-hydrogen) atoms. The number of allylic oxidation sites excluding steroid dienone is 1. The monoisotopic (exact) mass is 170 g/mol. The number of hydrogen-bond acceptors (Lipinski definition) is 2. The minimum atomic E-state index is -0.480. The van der Waals surface area contributed by atoms with Gasteiger partial charge in [0.25, 0.3) is 0 Å². The van der Waals surface area contributed by atoms with Crippen molar-refractivity contribution in [2.24, 2.45) is 5.41 Å². The molecule has 0 aliphatic heterocycles. The van der Waals surface area contributed by atoms with Crippen molar-refractivity contribution in [1.29, 1.82) is 0 Å². The maximum absolute atomic E-state index is 11.3. The van der Waals surface area contributed by atoms with Crippen LogP contribution in [-0.2, 0) is 9.53 Å². The smallest absolute Gasteiger partial charge is 0.315 e. The highest BCUT2D eigenvalue weighted by Gasteiger charge is 2.25. The van der Waals surface area contributed by atoms with E-state index < -0.39 is 5.41 Å². The van der Waals surface area contributed by atoms with Crippen LogP contribution in [0.5, 0.6) is 0 Å². The minimum Gasteiger partial charge on any atom is -0.465 e. The first kappa shape index (κ1) is 11.2. The van der Waals surface area contributed by atoms with Crippen LogP contribution in [0.1, 0.15) is 34.1 Å². The molecule has 0 aromatic rings. The van der Waals surface area contributed by atoms with Crippen molar-refractivity contribution in [3.05, 3.63) is 12.2 Å². The van der Waals surface area contributed by atoms with E-state index in [0.29, 0.717) is 6.61 Å². The Morgan fingerprint density at radius 3 is 2.42 bits per heavy atom. The van der Waals surface area contributed by atoms with Crippen molar-refractivity contribution >= 4 is 5.97 Å². The molecular formula is C10H18O2. The van der Waals surface area contributed by atoms with E-state index in [2.05, 4.69) is 0 Å². The zero-order chi connectivity index (χ0) is 9.61. The Hall–Kier alpha value is -0.790. The Morgan fingerprint density at radius 1 is 1.42 bits per heavy atom. The third-order valence-corrected chi connectivity index (χ3v) is 1.57. The van der Waals surface area contributed by atoms with Gasteiger partial charge in [0.2, 0.25) is 0 Å². The van der Waals surface area contributed by atoms with E-state index in [4.69, 9.17) is 4.74 Å². The number of carbonyl (C=O) groups excluding carboxylic acids is 1. The predicted octanol–water partition coefficient (Wildman–Crippen LogP) is 2.54. The molecule has 0 aliphatic carbocycles. The largest absolute Gasteiger partial charge is 0.465 e. The molecular weight excluding hydrogens is 152 g/mol. The van der Waals surface area contributed by atoms with Gasteiger partial charge in [-0.15, -0.1) is 0 Å². The molecule has 0 aromatic heterocycles. The molecule has 0 heterocycles. The van der Waals surface area contributed by atoms with Crippen LogP contribution in [0.15, 0.2) is 12.2 Å². The lowest BCUT2D eigenvalue weighted by Gasteiger charge is -2.17. The topological polar surface area (TPSA) is 26.3 Å². The van der Waals surface area contributed by atoms with Gasteiger partial charge in [0.05, 0.1) is 12.0 Å². The maximum atomic E-state index is 11.3. The van der Waals surface area contributed by atoms with E-state index in [1.807, 2.05) is 39.8 Å². The molecule has 2 nitrogen and oxygen atoms in total. The first-order valence-corrected chi connectivity index (χ1v) is 4.39. The Balaban J connectivity index is 4.18. The van der Waals surface area contributed by atoms with E-state index >= 15 is 0 Å².